The van der Waals surface area contributed by atoms with E-state index in [2.05, 4.69) is 40.7 Å². The van der Waals surface area contributed by atoms with Crippen LogP contribution in [0.2, 0.25) is 0 Å². The highest BCUT2D eigenvalue weighted by Crippen LogP contribution is 2.34. The minimum absolute atomic E-state index is 0.190. The van der Waals surface area contributed by atoms with E-state index in [9.17, 15) is 5.11 Å². The van der Waals surface area contributed by atoms with Gasteiger partial charge in [-0.3, -0.25) is 0 Å². The highest BCUT2D eigenvalue weighted by atomic mass is 16.3. The molecule has 1 atom stereocenters. The summed E-state index contributed by atoms with van der Waals surface area (Å²) in [5, 5.41) is 9.87. The summed E-state index contributed by atoms with van der Waals surface area (Å²) >= 11 is 0. The average Bonchev–Trinajstić information content (AvgIpc) is 2.28. The van der Waals surface area contributed by atoms with Gasteiger partial charge in [-0.25, -0.2) is 0 Å². The molecule has 0 fully saturated rings. The Kier molecular flexibility index (Phi) is 4.01. The van der Waals surface area contributed by atoms with Crippen LogP contribution in [0.15, 0.2) is 18.2 Å². The highest BCUT2D eigenvalue weighted by molar-refractivity contribution is 5.40. The van der Waals surface area contributed by atoms with Gasteiger partial charge in [-0.2, -0.15) is 0 Å². The van der Waals surface area contributed by atoms with Gasteiger partial charge < -0.3 is 5.11 Å². The van der Waals surface area contributed by atoms with Crippen molar-refractivity contribution in [1.82, 2.24) is 0 Å². The fraction of sp³-hybridized carbons (Fsp3) is 0.600. The third-order valence-electron chi connectivity index (χ3n) is 3.84. The molecule has 90 valence electrons. The molecule has 1 rings (SSSR count). The predicted octanol–water partition coefficient (Wildman–Crippen LogP) is 4.59. The van der Waals surface area contributed by atoms with Gasteiger partial charge in [0.2, 0.25) is 0 Å². The predicted molar refractivity (Wildman–Crippen MR) is 70.1 cm³/mol. The first-order valence-electron chi connectivity index (χ1n) is 6.25. The van der Waals surface area contributed by atoms with Crippen LogP contribution in [0.1, 0.15) is 64.5 Å². The maximum absolute atomic E-state index is 9.87. The largest absolute Gasteiger partial charge is 0.508 e. The lowest BCUT2D eigenvalue weighted by atomic mass is 9.80. The zero-order valence-corrected chi connectivity index (χ0v) is 11.2. The van der Waals surface area contributed by atoms with E-state index in [1.54, 1.807) is 0 Å². The van der Waals surface area contributed by atoms with Gasteiger partial charge in [-0.05, 0) is 41.4 Å². The monoisotopic (exact) mass is 220 g/mol. The summed E-state index contributed by atoms with van der Waals surface area (Å²) in [7, 11) is 0. The summed E-state index contributed by atoms with van der Waals surface area (Å²) in [4.78, 5) is 0. The first-order valence-corrected chi connectivity index (χ1v) is 6.25. The topological polar surface area (TPSA) is 20.2 Å². The van der Waals surface area contributed by atoms with Crippen LogP contribution in [0.3, 0.4) is 0 Å². The van der Waals surface area contributed by atoms with Gasteiger partial charge in [0, 0.05) is 0 Å². The zero-order chi connectivity index (χ0) is 12.3. The Labute approximate surface area is 99.5 Å². The van der Waals surface area contributed by atoms with Crippen LogP contribution in [0.5, 0.6) is 5.75 Å². The second-order valence-corrected chi connectivity index (χ2v) is 5.32. The number of aromatic hydroxyl groups is 1. The molecule has 0 radical (unpaired) electrons. The molecule has 0 saturated heterocycles. The maximum Gasteiger partial charge on any atom is 0.119 e. The first-order chi connectivity index (χ1) is 7.42. The van der Waals surface area contributed by atoms with E-state index in [4.69, 9.17) is 0 Å². The van der Waals surface area contributed by atoms with E-state index >= 15 is 0 Å². The SMILES string of the molecule is CCC(C)c1cc(C(C)(C)CC)ccc1O. The molecular weight excluding hydrogens is 196 g/mol. The van der Waals surface area contributed by atoms with E-state index < -0.39 is 0 Å². The summed E-state index contributed by atoms with van der Waals surface area (Å²) in [5.41, 5.74) is 2.60. The number of hydrogen-bond acceptors (Lipinski definition) is 1. The summed E-state index contributed by atoms with van der Waals surface area (Å²) in [6.07, 6.45) is 2.17. The smallest absolute Gasteiger partial charge is 0.119 e. The van der Waals surface area contributed by atoms with Crippen LogP contribution in [0.25, 0.3) is 0 Å². The van der Waals surface area contributed by atoms with Crippen LogP contribution in [0, 0.1) is 0 Å². The second-order valence-electron chi connectivity index (χ2n) is 5.32. The van der Waals surface area contributed by atoms with Gasteiger partial charge in [0.05, 0.1) is 0 Å². The molecule has 1 nitrogen and oxygen atoms in total. The summed E-state index contributed by atoms with van der Waals surface area (Å²) < 4.78 is 0. The average molecular weight is 220 g/mol. The van der Waals surface area contributed by atoms with Gasteiger partial charge in [-0.15, -0.1) is 0 Å². The molecule has 0 aliphatic carbocycles. The number of phenols is 1. The molecule has 0 aromatic heterocycles. The Morgan fingerprint density at radius 3 is 2.38 bits per heavy atom. The molecule has 16 heavy (non-hydrogen) atoms. The molecule has 1 unspecified atom stereocenters. The lowest BCUT2D eigenvalue weighted by molar-refractivity contribution is 0.457. The fourth-order valence-corrected chi connectivity index (χ4v) is 1.79. The summed E-state index contributed by atoms with van der Waals surface area (Å²) in [5.74, 6) is 0.859. The first kappa shape index (κ1) is 13.1. The lowest BCUT2D eigenvalue weighted by Gasteiger charge is -2.25. The van der Waals surface area contributed by atoms with Crippen molar-refractivity contribution in [3.63, 3.8) is 0 Å². The van der Waals surface area contributed by atoms with Crippen molar-refractivity contribution in [2.75, 3.05) is 0 Å². The summed E-state index contributed by atoms with van der Waals surface area (Å²) in [6.45, 7) is 11.0. The normalized spacial score (nSPS) is 13.8. The number of phenolic OH excluding ortho intramolecular Hbond substituents is 1. The minimum atomic E-state index is 0.190. The molecule has 1 aromatic rings. The van der Waals surface area contributed by atoms with Crippen molar-refractivity contribution < 1.29 is 5.11 Å². The number of hydrogen-bond donors (Lipinski definition) is 1. The van der Waals surface area contributed by atoms with Gasteiger partial charge in [-0.1, -0.05) is 46.8 Å². The highest BCUT2D eigenvalue weighted by Gasteiger charge is 2.20. The number of benzene rings is 1. The van der Waals surface area contributed by atoms with Crippen LogP contribution in [0.4, 0.5) is 0 Å². The van der Waals surface area contributed by atoms with Crippen molar-refractivity contribution in [3.8, 4) is 5.75 Å². The molecule has 0 heterocycles. The van der Waals surface area contributed by atoms with Crippen LogP contribution >= 0.6 is 0 Å². The Bertz CT molecular complexity index is 352. The molecular formula is C15H24O. The molecule has 0 bridgehead atoms. The van der Waals surface area contributed by atoms with E-state index in [1.807, 2.05) is 12.1 Å². The molecule has 1 aromatic carbocycles. The van der Waals surface area contributed by atoms with Crippen LogP contribution in [-0.4, -0.2) is 5.11 Å². The van der Waals surface area contributed by atoms with E-state index in [1.165, 1.54) is 5.56 Å². The molecule has 0 saturated carbocycles. The van der Waals surface area contributed by atoms with Crippen molar-refractivity contribution >= 4 is 0 Å². The van der Waals surface area contributed by atoms with Crippen LogP contribution in [-0.2, 0) is 5.41 Å². The molecule has 1 heteroatoms. The molecule has 0 amide bonds. The molecule has 0 aliphatic rings. The van der Waals surface area contributed by atoms with Crippen molar-refractivity contribution in [3.05, 3.63) is 29.3 Å². The van der Waals surface area contributed by atoms with Gasteiger partial charge in [0.15, 0.2) is 0 Å². The Morgan fingerprint density at radius 1 is 1.25 bits per heavy atom. The van der Waals surface area contributed by atoms with Gasteiger partial charge in [0.1, 0.15) is 5.75 Å². The molecule has 0 spiro atoms. The Hall–Kier alpha value is -0.980. The van der Waals surface area contributed by atoms with E-state index in [0.717, 1.165) is 18.4 Å². The Morgan fingerprint density at radius 2 is 1.88 bits per heavy atom. The van der Waals surface area contributed by atoms with E-state index in [-0.39, 0.29) is 5.41 Å². The summed E-state index contributed by atoms with van der Waals surface area (Å²) in [6, 6.07) is 6.06. The maximum atomic E-state index is 9.87. The van der Waals surface area contributed by atoms with Gasteiger partial charge >= 0.3 is 0 Å². The zero-order valence-electron chi connectivity index (χ0n) is 11.2. The van der Waals surface area contributed by atoms with Gasteiger partial charge in [0.25, 0.3) is 0 Å². The van der Waals surface area contributed by atoms with Crippen molar-refractivity contribution in [2.24, 2.45) is 0 Å². The third kappa shape index (κ3) is 2.58. The van der Waals surface area contributed by atoms with E-state index in [0.29, 0.717) is 11.7 Å². The minimum Gasteiger partial charge on any atom is -0.508 e. The standard InChI is InChI=1S/C15H24O/c1-6-11(3)13-10-12(8-9-14(13)16)15(4,5)7-2/h8-11,16H,6-7H2,1-5H3. The lowest BCUT2D eigenvalue weighted by Crippen LogP contribution is -2.15. The molecule has 0 aliphatic heterocycles. The van der Waals surface area contributed by atoms with Crippen molar-refractivity contribution in [2.45, 2.75) is 58.8 Å². The van der Waals surface area contributed by atoms with Crippen molar-refractivity contribution in [1.29, 1.82) is 0 Å². The second kappa shape index (κ2) is 4.90. The Balaban J connectivity index is 3.17. The third-order valence-corrected chi connectivity index (χ3v) is 3.84. The quantitative estimate of drug-likeness (QED) is 0.786. The fourth-order valence-electron chi connectivity index (χ4n) is 1.79. The molecule has 1 N–H and O–H groups in total. The number of rotatable bonds is 4. The van der Waals surface area contributed by atoms with Crippen LogP contribution < -0.4 is 0 Å².